The first-order chi connectivity index (χ1) is 32.0. The molecule has 0 aliphatic heterocycles. The first-order valence-corrected chi connectivity index (χ1v) is 27.1. The highest BCUT2D eigenvalue weighted by molar-refractivity contribution is 5.82. The van der Waals surface area contributed by atoms with Gasteiger partial charge in [0.2, 0.25) is 0 Å². The lowest BCUT2D eigenvalue weighted by atomic mass is 10.0. The number of hydrogen-bond acceptors (Lipinski definition) is 8. The molecule has 0 aliphatic rings. The summed E-state index contributed by atoms with van der Waals surface area (Å²) in [5, 5.41) is 9.26. The summed E-state index contributed by atoms with van der Waals surface area (Å²) in [5.74, 6) is -1.29. The van der Waals surface area contributed by atoms with Crippen LogP contribution in [0.2, 0.25) is 0 Å². The van der Waals surface area contributed by atoms with Gasteiger partial charge in [-0.1, -0.05) is 217 Å². The lowest BCUT2D eigenvalue weighted by molar-refractivity contribution is -0.281. The molecule has 1 atom stereocenters. The SMILES string of the molecule is CCCCCCCC/C=C\CCCCCCCC(=O)OCC(COC(=O)CCCCCCC/C=C\CCCCCCCC)OC(=O)C=CC=CC=CCCC(CCCCCCCC)OO. The van der Waals surface area contributed by atoms with Crippen molar-refractivity contribution in [1.29, 1.82) is 0 Å². The van der Waals surface area contributed by atoms with Crippen molar-refractivity contribution >= 4 is 17.9 Å². The summed E-state index contributed by atoms with van der Waals surface area (Å²) in [5.41, 5.74) is 0. The van der Waals surface area contributed by atoms with E-state index in [0.29, 0.717) is 12.8 Å². The molecule has 0 aromatic carbocycles. The Labute approximate surface area is 399 Å². The fourth-order valence-corrected chi connectivity index (χ4v) is 7.64. The molecule has 0 fully saturated rings. The molecule has 0 aromatic rings. The molecule has 376 valence electrons. The molecule has 0 aromatic heterocycles. The van der Waals surface area contributed by atoms with Crippen molar-refractivity contribution in [2.24, 2.45) is 0 Å². The second-order valence-corrected chi connectivity index (χ2v) is 18.1. The Morgan fingerprint density at radius 2 is 0.785 bits per heavy atom. The average molecular weight is 913 g/mol. The first kappa shape index (κ1) is 62.0. The summed E-state index contributed by atoms with van der Waals surface area (Å²) < 4.78 is 16.6. The Hall–Kier alpha value is -2.97. The average Bonchev–Trinajstić information content (AvgIpc) is 3.31. The van der Waals surface area contributed by atoms with Crippen LogP contribution in [-0.4, -0.2) is 48.6 Å². The van der Waals surface area contributed by atoms with Gasteiger partial charge in [-0.05, 0) is 83.5 Å². The van der Waals surface area contributed by atoms with Gasteiger partial charge in [0.15, 0.2) is 6.10 Å². The number of ether oxygens (including phenoxy) is 3. The number of carbonyl (C=O) groups excluding carboxylic acids is 3. The largest absolute Gasteiger partial charge is 0.462 e. The quantitative estimate of drug-likeness (QED) is 0.00940. The van der Waals surface area contributed by atoms with E-state index in [1.165, 1.54) is 141 Å². The second-order valence-electron chi connectivity index (χ2n) is 18.1. The van der Waals surface area contributed by atoms with Gasteiger partial charge in [-0.15, -0.1) is 0 Å². The van der Waals surface area contributed by atoms with Crippen LogP contribution in [-0.2, 0) is 33.5 Å². The normalized spacial score (nSPS) is 12.6. The maximum absolute atomic E-state index is 12.7. The molecule has 0 heterocycles. The highest BCUT2D eigenvalue weighted by Gasteiger charge is 2.18. The van der Waals surface area contributed by atoms with Crippen LogP contribution in [0.15, 0.2) is 60.8 Å². The molecule has 0 saturated carbocycles. The molecule has 65 heavy (non-hydrogen) atoms. The van der Waals surface area contributed by atoms with Crippen LogP contribution in [0.5, 0.6) is 0 Å². The van der Waals surface area contributed by atoms with E-state index < -0.39 is 12.1 Å². The number of unbranched alkanes of at least 4 members (excludes halogenated alkanes) is 27. The van der Waals surface area contributed by atoms with E-state index >= 15 is 0 Å². The molecule has 0 bridgehead atoms. The first-order valence-electron chi connectivity index (χ1n) is 27.1. The van der Waals surface area contributed by atoms with Crippen molar-refractivity contribution in [1.82, 2.24) is 0 Å². The minimum atomic E-state index is -0.898. The van der Waals surface area contributed by atoms with E-state index in [1.807, 2.05) is 18.2 Å². The third-order valence-electron chi connectivity index (χ3n) is 11.8. The van der Waals surface area contributed by atoms with E-state index in [9.17, 15) is 19.6 Å². The molecule has 0 aliphatic carbocycles. The molecule has 0 radical (unpaired) electrons. The second kappa shape index (κ2) is 52.0. The summed E-state index contributed by atoms with van der Waals surface area (Å²) in [7, 11) is 0. The van der Waals surface area contributed by atoms with Crippen molar-refractivity contribution in [3.8, 4) is 0 Å². The fraction of sp³-hybridized carbons (Fsp3) is 0.772. The van der Waals surface area contributed by atoms with E-state index in [4.69, 9.17) is 14.2 Å². The molecule has 1 unspecified atom stereocenters. The Morgan fingerprint density at radius 1 is 0.400 bits per heavy atom. The van der Waals surface area contributed by atoms with Gasteiger partial charge in [-0.3, -0.25) is 14.8 Å². The topological polar surface area (TPSA) is 108 Å². The molecule has 0 amide bonds. The lowest BCUT2D eigenvalue weighted by Crippen LogP contribution is -2.30. The zero-order valence-electron chi connectivity index (χ0n) is 42.3. The van der Waals surface area contributed by atoms with E-state index in [2.05, 4.69) is 50.0 Å². The summed E-state index contributed by atoms with van der Waals surface area (Å²) in [6.45, 7) is 6.39. The standard InChI is InChI=1S/C57H100O8/c1-4-7-10-13-16-18-20-22-24-26-28-30-32-38-43-48-55(58)62-51-54(52-63-56(59)49-44-39-33-31-29-27-25-23-21-19-17-14-11-8-5-2)64-57(60)50-45-40-35-34-37-42-47-53(65-61)46-41-36-15-12-9-6-3/h22-25,34-35,37,40,45,50,53-54,61H,4-21,26-33,36,38-39,41-44,46-49,51-52H2,1-3H3/b24-22-,25-23-,37-34?,40-35?,50-45?. The zero-order chi connectivity index (χ0) is 47.4. The number of carbonyl (C=O) groups is 3. The third-order valence-corrected chi connectivity index (χ3v) is 11.8. The fourth-order valence-electron chi connectivity index (χ4n) is 7.64. The lowest BCUT2D eigenvalue weighted by Gasteiger charge is -2.17. The van der Waals surface area contributed by atoms with Crippen LogP contribution in [0.4, 0.5) is 0 Å². The van der Waals surface area contributed by atoms with Crippen LogP contribution in [0, 0.1) is 0 Å². The van der Waals surface area contributed by atoms with Gasteiger partial charge < -0.3 is 14.2 Å². The Balaban J connectivity index is 4.64. The minimum Gasteiger partial charge on any atom is -0.462 e. The van der Waals surface area contributed by atoms with Crippen molar-refractivity contribution in [2.75, 3.05) is 13.2 Å². The van der Waals surface area contributed by atoms with Gasteiger partial charge >= 0.3 is 17.9 Å². The van der Waals surface area contributed by atoms with Crippen molar-refractivity contribution < 1.29 is 38.7 Å². The predicted molar refractivity (Wildman–Crippen MR) is 273 cm³/mol. The van der Waals surface area contributed by atoms with Crippen LogP contribution in [0.25, 0.3) is 0 Å². The van der Waals surface area contributed by atoms with Crippen molar-refractivity contribution in [3.05, 3.63) is 60.8 Å². The van der Waals surface area contributed by atoms with E-state index in [0.717, 1.165) is 89.9 Å². The Bertz CT molecular complexity index is 1150. The maximum Gasteiger partial charge on any atom is 0.331 e. The van der Waals surface area contributed by atoms with Crippen molar-refractivity contribution in [2.45, 2.75) is 271 Å². The van der Waals surface area contributed by atoms with Gasteiger partial charge in [0.25, 0.3) is 0 Å². The Kier molecular flexibility index (Phi) is 49.6. The van der Waals surface area contributed by atoms with Gasteiger partial charge in [-0.25, -0.2) is 9.68 Å². The Morgan fingerprint density at radius 3 is 1.22 bits per heavy atom. The van der Waals surface area contributed by atoms with Crippen LogP contribution >= 0.6 is 0 Å². The van der Waals surface area contributed by atoms with Gasteiger partial charge in [0, 0.05) is 18.9 Å². The summed E-state index contributed by atoms with van der Waals surface area (Å²) in [6.07, 6.45) is 59.6. The summed E-state index contributed by atoms with van der Waals surface area (Å²) >= 11 is 0. The summed E-state index contributed by atoms with van der Waals surface area (Å²) in [6, 6.07) is 0. The predicted octanol–water partition coefficient (Wildman–Crippen LogP) is 17.1. The highest BCUT2D eigenvalue weighted by atomic mass is 17.1. The third kappa shape index (κ3) is 48.8. The number of hydrogen-bond donors (Lipinski definition) is 1. The number of allylic oxidation sites excluding steroid dienone is 9. The van der Waals surface area contributed by atoms with Gasteiger partial charge in [-0.2, -0.15) is 0 Å². The molecule has 8 heteroatoms. The molecule has 1 N–H and O–H groups in total. The molecular formula is C57H100O8. The highest BCUT2D eigenvalue weighted by Crippen LogP contribution is 2.15. The number of rotatable bonds is 49. The summed E-state index contributed by atoms with van der Waals surface area (Å²) in [4.78, 5) is 42.6. The van der Waals surface area contributed by atoms with E-state index in [1.54, 1.807) is 12.2 Å². The van der Waals surface area contributed by atoms with Crippen LogP contribution < -0.4 is 0 Å². The minimum absolute atomic E-state index is 0.158. The van der Waals surface area contributed by atoms with Crippen molar-refractivity contribution in [3.63, 3.8) is 0 Å². The number of esters is 3. The van der Waals surface area contributed by atoms with Gasteiger partial charge in [0.05, 0.1) is 6.10 Å². The molecule has 0 saturated heterocycles. The molecule has 8 nitrogen and oxygen atoms in total. The molecule has 0 spiro atoms. The molecular weight excluding hydrogens is 813 g/mol. The maximum atomic E-state index is 12.7. The smallest absolute Gasteiger partial charge is 0.331 e. The monoisotopic (exact) mass is 913 g/mol. The van der Waals surface area contributed by atoms with Crippen LogP contribution in [0.1, 0.15) is 258 Å². The van der Waals surface area contributed by atoms with E-state index in [-0.39, 0.29) is 31.3 Å². The van der Waals surface area contributed by atoms with Crippen LogP contribution in [0.3, 0.4) is 0 Å². The zero-order valence-corrected chi connectivity index (χ0v) is 42.3. The molecule has 0 rings (SSSR count). The van der Waals surface area contributed by atoms with Gasteiger partial charge in [0.1, 0.15) is 13.2 Å².